The van der Waals surface area contributed by atoms with Crippen LogP contribution in [0, 0.1) is 20.8 Å². The van der Waals surface area contributed by atoms with Gasteiger partial charge < -0.3 is 0 Å². The number of hydrogen-bond donors (Lipinski definition) is 0. The molecule has 3 rings (SSSR count). The molecule has 0 aromatic carbocycles. The largest absolute Gasteiger partial charge is 0.293 e. The number of fused-ring (bicyclic) bond motifs is 3. The molecule has 3 aromatic rings. The molecular weight excluding hydrogens is 200 g/mol. The van der Waals surface area contributed by atoms with Crippen molar-refractivity contribution in [3.05, 3.63) is 35.5 Å². The lowest BCUT2D eigenvalue weighted by molar-refractivity contribution is 1.09. The lowest BCUT2D eigenvalue weighted by atomic mass is 10.3. The quantitative estimate of drug-likeness (QED) is 0.573. The monoisotopic (exact) mass is 212 g/mol. The molecule has 0 aliphatic carbocycles. The van der Waals surface area contributed by atoms with Crippen LogP contribution in [0.25, 0.3) is 16.7 Å². The fraction of sp³-hybridized carbons (Fsp3) is 0.250. The van der Waals surface area contributed by atoms with Gasteiger partial charge in [0.05, 0.1) is 23.1 Å². The predicted molar refractivity (Wildman–Crippen MR) is 62.5 cm³/mol. The molecule has 0 atom stereocenters. The average Bonchev–Trinajstić information content (AvgIpc) is 2.57. The second kappa shape index (κ2) is 3.01. The molecule has 0 amide bonds. The molecule has 0 saturated heterocycles. The van der Waals surface area contributed by atoms with E-state index in [0.717, 1.165) is 33.8 Å². The highest BCUT2D eigenvalue weighted by Crippen LogP contribution is 2.19. The molecular formula is C12H12N4. The summed E-state index contributed by atoms with van der Waals surface area (Å²) < 4.78 is 2.15. The highest BCUT2D eigenvalue weighted by Gasteiger charge is 2.11. The van der Waals surface area contributed by atoms with Crippen LogP contribution in [-0.2, 0) is 0 Å². The third kappa shape index (κ3) is 1.07. The molecule has 4 heteroatoms. The maximum absolute atomic E-state index is 4.54. The van der Waals surface area contributed by atoms with Crippen LogP contribution in [0.15, 0.2) is 18.5 Å². The molecule has 80 valence electrons. The summed E-state index contributed by atoms with van der Waals surface area (Å²) in [6.45, 7) is 6.08. The number of aryl methyl sites for hydroxylation is 3. The van der Waals surface area contributed by atoms with Crippen molar-refractivity contribution >= 4 is 16.7 Å². The minimum absolute atomic E-state index is 0.910. The van der Waals surface area contributed by atoms with E-state index in [1.54, 1.807) is 12.4 Å². The molecule has 0 unspecified atom stereocenters. The first-order valence-electron chi connectivity index (χ1n) is 5.24. The molecule has 4 nitrogen and oxygen atoms in total. The summed E-state index contributed by atoms with van der Waals surface area (Å²) in [7, 11) is 0. The van der Waals surface area contributed by atoms with Gasteiger partial charge in [0.25, 0.3) is 0 Å². The van der Waals surface area contributed by atoms with Crippen LogP contribution < -0.4 is 0 Å². The van der Waals surface area contributed by atoms with Crippen LogP contribution in [0.3, 0.4) is 0 Å². The summed E-state index contributed by atoms with van der Waals surface area (Å²) >= 11 is 0. The van der Waals surface area contributed by atoms with Gasteiger partial charge in [-0.05, 0) is 26.8 Å². The third-order valence-electron chi connectivity index (χ3n) is 2.97. The van der Waals surface area contributed by atoms with Gasteiger partial charge in [-0.3, -0.25) is 9.38 Å². The van der Waals surface area contributed by atoms with Gasteiger partial charge >= 0.3 is 0 Å². The van der Waals surface area contributed by atoms with Crippen LogP contribution in [0.4, 0.5) is 0 Å². The average molecular weight is 212 g/mol. The molecule has 0 aliphatic rings. The minimum atomic E-state index is 0.910. The van der Waals surface area contributed by atoms with Crippen molar-refractivity contribution in [2.45, 2.75) is 20.8 Å². The van der Waals surface area contributed by atoms with Gasteiger partial charge in [0.15, 0.2) is 5.65 Å². The number of pyridine rings is 1. The second-order valence-electron chi connectivity index (χ2n) is 4.00. The Balaban J connectivity index is 2.67. The van der Waals surface area contributed by atoms with Crippen LogP contribution >= 0.6 is 0 Å². The molecule has 0 aliphatic heterocycles. The Hall–Kier alpha value is -1.97. The zero-order valence-corrected chi connectivity index (χ0v) is 9.52. The first-order valence-corrected chi connectivity index (χ1v) is 5.24. The van der Waals surface area contributed by atoms with Gasteiger partial charge in [-0.1, -0.05) is 0 Å². The molecule has 0 N–H and O–H groups in total. The normalized spacial score (nSPS) is 11.4. The fourth-order valence-electron chi connectivity index (χ4n) is 2.03. The zero-order chi connectivity index (χ0) is 11.3. The van der Waals surface area contributed by atoms with E-state index < -0.39 is 0 Å². The van der Waals surface area contributed by atoms with Crippen LogP contribution in [0.2, 0.25) is 0 Å². The molecule has 3 heterocycles. The Kier molecular flexibility index (Phi) is 1.74. The van der Waals surface area contributed by atoms with Crippen LogP contribution in [0.5, 0.6) is 0 Å². The second-order valence-corrected chi connectivity index (χ2v) is 4.00. The Morgan fingerprint density at radius 2 is 1.88 bits per heavy atom. The minimum Gasteiger partial charge on any atom is -0.293 e. The summed E-state index contributed by atoms with van der Waals surface area (Å²) in [6.07, 6.45) is 3.57. The smallest absolute Gasteiger partial charge is 0.159 e. The van der Waals surface area contributed by atoms with Gasteiger partial charge in [0.1, 0.15) is 5.52 Å². The first kappa shape index (κ1) is 9.27. The van der Waals surface area contributed by atoms with Crippen molar-refractivity contribution in [3.8, 4) is 0 Å². The Morgan fingerprint density at radius 3 is 2.69 bits per heavy atom. The molecule has 0 fully saturated rings. The van der Waals surface area contributed by atoms with Crippen LogP contribution in [0.1, 0.15) is 17.1 Å². The van der Waals surface area contributed by atoms with E-state index in [1.165, 1.54) is 0 Å². The Bertz CT molecular complexity index is 697. The van der Waals surface area contributed by atoms with Crippen molar-refractivity contribution in [1.29, 1.82) is 0 Å². The highest BCUT2D eigenvalue weighted by molar-refractivity contribution is 5.78. The summed E-state index contributed by atoms with van der Waals surface area (Å²) in [4.78, 5) is 13.2. The maximum Gasteiger partial charge on any atom is 0.159 e. The van der Waals surface area contributed by atoms with Gasteiger partial charge in [-0.15, -0.1) is 0 Å². The van der Waals surface area contributed by atoms with E-state index in [-0.39, 0.29) is 0 Å². The number of imidazole rings is 1. The van der Waals surface area contributed by atoms with E-state index in [1.807, 2.05) is 19.9 Å². The van der Waals surface area contributed by atoms with Crippen molar-refractivity contribution in [3.63, 3.8) is 0 Å². The van der Waals surface area contributed by atoms with Gasteiger partial charge in [-0.2, -0.15) is 0 Å². The first-order chi connectivity index (χ1) is 7.68. The number of aromatic nitrogens is 4. The lowest BCUT2D eigenvalue weighted by Gasteiger charge is -2.04. The Morgan fingerprint density at radius 1 is 1.06 bits per heavy atom. The molecule has 0 spiro atoms. The molecule has 16 heavy (non-hydrogen) atoms. The number of nitrogens with zero attached hydrogens (tertiary/aromatic N) is 4. The van der Waals surface area contributed by atoms with Gasteiger partial charge in [-0.25, -0.2) is 9.97 Å². The highest BCUT2D eigenvalue weighted by atomic mass is 15.1. The van der Waals surface area contributed by atoms with E-state index in [4.69, 9.17) is 0 Å². The molecule has 0 saturated carbocycles. The SMILES string of the molecule is Cc1nc2c(C)nc3cnccc3n2c1C. The third-order valence-corrected chi connectivity index (χ3v) is 2.97. The topological polar surface area (TPSA) is 43.1 Å². The van der Waals surface area contributed by atoms with E-state index >= 15 is 0 Å². The van der Waals surface area contributed by atoms with Crippen LogP contribution in [-0.4, -0.2) is 19.4 Å². The standard InChI is InChI=1S/C12H12N4/c1-7-9(3)16-11-4-5-13-6-10(11)14-8(2)12(16)15-7/h4-6H,1-3H3. The van der Waals surface area contributed by atoms with Crippen molar-refractivity contribution < 1.29 is 0 Å². The Labute approximate surface area is 93.0 Å². The zero-order valence-electron chi connectivity index (χ0n) is 9.52. The van der Waals surface area contributed by atoms with Gasteiger partial charge in [0.2, 0.25) is 0 Å². The number of hydrogen-bond acceptors (Lipinski definition) is 3. The predicted octanol–water partition coefficient (Wildman–Crippen LogP) is 2.20. The summed E-state index contributed by atoms with van der Waals surface area (Å²) in [5, 5.41) is 0. The van der Waals surface area contributed by atoms with Crippen molar-refractivity contribution in [2.24, 2.45) is 0 Å². The molecule has 0 radical (unpaired) electrons. The lowest BCUT2D eigenvalue weighted by Crippen LogP contribution is -1.97. The summed E-state index contributed by atoms with van der Waals surface area (Å²) in [5.74, 6) is 0. The van der Waals surface area contributed by atoms with E-state index in [2.05, 4.69) is 26.3 Å². The van der Waals surface area contributed by atoms with Gasteiger partial charge in [0, 0.05) is 11.9 Å². The van der Waals surface area contributed by atoms with Crippen molar-refractivity contribution in [2.75, 3.05) is 0 Å². The summed E-state index contributed by atoms with van der Waals surface area (Å²) in [5.41, 5.74) is 6.07. The van der Waals surface area contributed by atoms with E-state index in [0.29, 0.717) is 0 Å². The van der Waals surface area contributed by atoms with E-state index in [9.17, 15) is 0 Å². The maximum atomic E-state index is 4.54. The molecule has 0 bridgehead atoms. The number of rotatable bonds is 0. The van der Waals surface area contributed by atoms with Crippen molar-refractivity contribution in [1.82, 2.24) is 19.4 Å². The molecule has 3 aromatic heterocycles. The summed E-state index contributed by atoms with van der Waals surface area (Å²) in [6, 6.07) is 1.98. The fourth-order valence-corrected chi connectivity index (χ4v) is 2.03.